The summed E-state index contributed by atoms with van der Waals surface area (Å²) in [6, 6.07) is 3.67. The first-order chi connectivity index (χ1) is 11.2. The van der Waals surface area contributed by atoms with E-state index in [2.05, 4.69) is 10.2 Å². The largest absolute Gasteiger partial charge is 0.467 e. The fraction of sp³-hybridized carbons (Fsp3) is 0.688. The Morgan fingerprint density at radius 1 is 1.48 bits per heavy atom. The fourth-order valence-corrected chi connectivity index (χ4v) is 4.70. The Bertz CT molecular complexity index is 497. The lowest BCUT2D eigenvalue weighted by molar-refractivity contribution is -0.0127. The van der Waals surface area contributed by atoms with Gasteiger partial charge in [0.05, 0.1) is 26.0 Å². The number of carbonyl (C=O) groups is 1. The lowest BCUT2D eigenvalue weighted by Gasteiger charge is -2.43. The third kappa shape index (κ3) is 4.02. The molecule has 2 aliphatic rings. The summed E-state index contributed by atoms with van der Waals surface area (Å²) in [4.78, 5) is 16.5. The molecular weight excluding hydrogens is 314 g/mol. The van der Waals surface area contributed by atoms with Crippen LogP contribution in [0.25, 0.3) is 0 Å². The highest BCUT2D eigenvalue weighted by molar-refractivity contribution is 7.99. The second kappa shape index (κ2) is 7.59. The van der Waals surface area contributed by atoms with Crippen LogP contribution in [-0.2, 0) is 11.3 Å². The Kier molecular flexibility index (Phi) is 5.50. The predicted molar refractivity (Wildman–Crippen MR) is 90.6 cm³/mol. The van der Waals surface area contributed by atoms with Gasteiger partial charge in [0.15, 0.2) is 0 Å². The highest BCUT2D eigenvalue weighted by atomic mass is 32.2. The highest BCUT2D eigenvalue weighted by Crippen LogP contribution is 2.33. The molecule has 1 atom stereocenters. The molecule has 3 rings (SSSR count). The summed E-state index contributed by atoms with van der Waals surface area (Å²) in [5.41, 5.74) is 0.0790. The van der Waals surface area contributed by atoms with Gasteiger partial charge >= 0.3 is 6.03 Å². The predicted octanol–water partition coefficient (Wildman–Crippen LogP) is 1.63. The SMILES string of the molecule is CN(Cc1ccco1)C(=O)NCC1(N2CCOCC2)CCSC1. The molecule has 1 N–H and O–H groups in total. The smallest absolute Gasteiger partial charge is 0.317 e. The van der Waals surface area contributed by atoms with Crippen LogP contribution in [0.3, 0.4) is 0 Å². The zero-order valence-electron chi connectivity index (χ0n) is 13.6. The van der Waals surface area contributed by atoms with Crippen molar-refractivity contribution < 1.29 is 13.9 Å². The number of rotatable bonds is 5. The molecule has 2 fully saturated rings. The Labute approximate surface area is 141 Å². The molecule has 23 heavy (non-hydrogen) atoms. The minimum atomic E-state index is -0.0501. The van der Waals surface area contributed by atoms with Gasteiger partial charge < -0.3 is 19.4 Å². The molecule has 1 aromatic rings. The standard InChI is InChI=1S/C16H25N3O3S/c1-18(11-14-3-2-7-22-14)15(20)17-12-16(4-10-23-13-16)19-5-8-21-9-6-19/h2-3,7H,4-6,8-13H2,1H3,(H,17,20). The Morgan fingerprint density at radius 3 is 2.96 bits per heavy atom. The van der Waals surface area contributed by atoms with Crippen molar-refractivity contribution in [1.82, 2.24) is 15.1 Å². The molecule has 1 aromatic heterocycles. The summed E-state index contributed by atoms with van der Waals surface area (Å²) in [5, 5.41) is 3.12. The molecule has 0 aliphatic carbocycles. The fourth-order valence-electron chi connectivity index (χ4n) is 3.22. The van der Waals surface area contributed by atoms with Gasteiger partial charge in [-0.25, -0.2) is 4.79 Å². The van der Waals surface area contributed by atoms with Crippen molar-refractivity contribution in [2.45, 2.75) is 18.5 Å². The van der Waals surface area contributed by atoms with Gasteiger partial charge in [0.1, 0.15) is 5.76 Å². The van der Waals surface area contributed by atoms with Crippen LogP contribution >= 0.6 is 11.8 Å². The van der Waals surface area contributed by atoms with E-state index in [1.54, 1.807) is 18.2 Å². The van der Waals surface area contributed by atoms with E-state index < -0.39 is 0 Å². The van der Waals surface area contributed by atoms with Crippen molar-refractivity contribution >= 4 is 17.8 Å². The maximum atomic E-state index is 12.4. The van der Waals surface area contributed by atoms with Gasteiger partial charge in [0, 0.05) is 38.0 Å². The zero-order valence-corrected chi connectivity index (χ0v) is 14.4. The number of amides is 2. The van der Waals surface area contributed by atoms with Gasteiger partial charge in [-0.1, -0.05) is 0 Å². The van der Waals surface area contributed by atoms with Crippen LogP contribution < -0.4 is 5.32 Å². The lowest BCUT2D eigenvalue weighted by atomic mass is 9.95. The van der Waals surface area contributed by atoms with E-state index in [1.807, 2.05) is 23.9 Å². The van der Waals surface area contributed by atoms with E-state index in [9.17, 15) is 4.79 Å². The maximum absolute atomic E-state index is 12.4. The first-order valence-electron chi connectivity index (χ1n) is 8.11. The van der Waals surface area contributed by atoms with Gasteiger partial charge in [0.25, 0.3) is 0 Å². The number of morpholine rings is 1. The van der Waals surface area contributed by atoms with E-state index in [0.717, 1.165) is 50.0 Å². The monoisotopic (exact) mass is 339 g/mol. The summed E-state index contributed by atoms with van der Waals surface area (Å²) in [6.45, 7) is 4.67. The van der Waals surface area contributed by atoms with E-state index in [0.29, 0.717) is 13.1 Å². The molecule has 0 spiro atoms. The van der Waals surface area contributed by atoms with Crippen molar-refractivity contribution in [1.29, 1.82) is 0 Å². The molecule has 3 heterocycles. The first kappa shape index (κ1) is 16.7. The summed E-state index contributed by atoms with van der Waals surface area (Å²) >= 11 is 1.98. The summed E-state index contributed by atoms with van der Waals surface area (Å²) < 4.78 is 10.8. The van der Waals surface area contributed by atoms with Crippen molar-refractivity contribution in [2.75, 3.05) is 51.4 Å². The quantitative estimate of drug-likeness (QED) is 0.884. The van der Waals surface area contributed by atoms with Gasteiger partial charge in [-0.3, -0.25) is 4.90 Å². The third-order valence-electron chi connectivity index (χ3n) is 4.65. The maximum Gasteiger partial charge on any atom is 0.317 e. The summed E-state index contributed by atoms with van der Waals surface area (Å²) in [5.74, 6) is 3.03. The number of ether oxygens (including phenoxy) is 1. The van der Waals surface area contributed by atoms with Gasteiger partial charge in [-0.05, 0) is 24.3 Å². The topological polar surface area (TPSA) is 58.0 Å². The number of carbonyl (C=O) groups excluding carboxylic acids is 1. The number of urea groups is 1. The number of nitrogens with zero attached hydrogens (tertiary/aromatic N) is 2. The second-order valence-electron chi connectivity index (χ2n) is 6.22. The first-order valence-corrected chi connectivity index (χ1v) is 9.27. The van der Waals surface area contributed by atoms with Crippen molar-refractivity contribution in [3.8, 4) is 0 Å². The molecule has 2 saturated heterocycles. The Hall–Kier alpha value is -1.18. The zero-order chi connectivity index (χ0) is 16.1. The molecule has 0 aromatic carbocycles. The summed E-state index contributed by atoms with van der Waals surface area (Å²) in [7, 11) is 1.79. The number of thioether (sulfide) groups is 1. The third-order valence-corrected chi connectivity index (χ3v) is 5.89. The van der Waals surface area contributed by atoms with Gasteiger partial charge in [-0.2, -0.15) is 11.8 Å². The molecule has 7 heteroatoms. The molecule has 0 bridgehead atoms. The van der Waals surface area contributed by atoms with E-state index >= 15 is 0 Å². The minimum Gasteiger partial charge on any atom is -0.467 e. The number of hydrogen-bond acceptors (Lipinski definition) is 5. The van der Waals surface area contributed by atoms with Crippen LogP contribution in [0.15, 0.2) is 22.8 Å². The molecule has 2 amide bonds. The Balaban J connectivity index is 1.54. The molecule has 1 unspecified atom stereocenters. The number of hydrogen-bond donors (Lipinski definition) is 1. The van der Waals surface area contributed by atoms with Crippen molar-refractivity contribution in [3.63, 3.8) is 0 Å². The van der Waals surface area contributed by atoms with Gasteiger partial charge in [-0.15, -0.1) is 0 Å². The summed E-state index contributed by atoms with van der Waals surface area (Å²) in [6.07, 6.45) is 2.75. The van der Waals surface area contributed by atoms with E-state index in [-0.39, 0.29) is 11.6 Å². The van der Waals surface area contributed by atoms with Gasteiger partial charge in [0.2, 0.25) is 0 Å². The molecule has 0 radical (unpaired) electrons. The van der Waals surface area contributed by atoms with Crippen LogP contribution in [-0.4, -0.2) is 72.8 Å². The molecule has 0 saturated carbocycles. The Morgan fingerprint density at radius 2 is 2.30 bits per heavy atom. The van der Waals surface area contributed by atoms with Crippen LogP contribution in [0.4, 0.5) is 4.79 Å². The lowest BCUT2D eigenvalue weighted by Crippen LogP contribution is -2.59. The van der Waals surface area contributed by atoms with Crippen molar-refractivity contribution in [2.24, 2.45) is 0 Å². The molecule has 2 aliphatic heterocycles. The van der Waals surface area contributed by atoms with Crippen LogP contribution in [0.1, 0.15) is 12.2 Å². The normalized spacial score (nSPS) is 25.4. The number of furan rings is 1. The second-order valence-corrected chi connectivity index (χ2v) is 7.33. The minimum absolute atomic E-state index is 0.0501. The van der Waals surface area contributed by atoms with E-state index in [4.69, 9.17) is 9.15 Å². The average molecular weight is 339 g/mol. The average Bonchev–Trinajstić information content (AvgIpc) is 3.26. The molecular formula is C16H25N3O3S. The highest BCUT2D eigenvalue weighted by Gasteiger charge is 2.41. The van der Waals surface area contributed by atoms with Crippen LogP contribution in [0, 0.1) is 0 Å². The molecule has 128 valence electrons. The number of nitrogens with one attached hydrogen (secondary N) is 1. The van der Waals surface area contributed by atoms with E-state index in [1.165, 1.54) is 0 Å². The van der Waals surface area contributed by atoms with Crippen molar-refractivity contribution in [3.05, 3.63) is 24.2 Å². The van der Waals surface area contributed by atoms with Crippen LogP contribution in [0.2, 0.25) is 0 Å². The molecule has 6 nitrogen and oxygen atoms in total. The van der Waals surface area contributed by atoms with Crippen LogP contribution in [0.5, 0.6) is 0 Å².